The van der Waals surface area contributed by atoms with Gasteiger partial charge in [-0.15, -0.1) is 0 Å². The topological polar surface area (TPSA) is 60.1 Å². The van der Waals surface area contributed by atoms with Crippen molar-refractivity contribution < 1.29 is 9.32 Å². The lowest BCUT2D eigenvalue weighted by molar-refractivity contribution is 0.102. The highest BCUT2D eigenvalue weighted by atomic mass is 16.5. The minimum atomic E-state index is -0.142. The highest BCUT2D eigenvalue weighted by molar-refractivity contribution is 6.05. The number of hydrogen-bond donors (Lipinski definition) is 1. The third-order valence-electron chi connectivity index (χ3n) is 4.27. The first-order valence-electron chi connectivity index (χ1n) is 7.92. The molecule has 1 N–H and O–H groups in total. The summed E-state index contributed by atoms with van der Waals surface area (Å²) in [7, 11) is 0. The van der Waals surface area contributed by atoms with Gasteiger partial charge in [0.15, 0.2) is 5.76 Å². The molecule has 0 saturated heterocycles. The molecule has 0 saturated carbocycles. The molecule has 2 aromatic heterocycles. The second-order valence-corrected chi connectivity index (χ2v) is 6.01. The van der Waals surface area contributed by atoms with E-state index in [-0.39, 0.29) is 5.91 Å². The molecule has 1 amide bonds. The number of benzene rings is 1. The second kappa shape index (κ2) is 6.35. The normalized spacial score (nSPS) is 10.8. The highest BCUT2D eigenvalue weighted by Crippen LogP contribution is 2.22. The van der Waals surface area contributed by atoms with Gasteiger partial charge in [-0.3, -0.25) is 4.79 Å². The molecule has 124 valence electrons. The van der Waals surface area contributed by atoms with Gasteiger partial charge in [-0.2, -0.15) is 0 Å². The quantitative estimate of drug-likeness (QED) is 0.789. The summed E-state index contributed by atoms with van der Waals surface area (Å²) in [6, 6.07) is 12.1. The van der Waals surface area contributed by atoms with Crippen LogP contribution in [-0.4, -0.2) is 15.6 Å². The average molecular weight is 323 g/mol. The molecule has 3 aromatic rings. The number of carbonyl (C=O) groups is 1. The Bertz CT molecular complexity index is 856. The van der Waals surface area contributed by atoms with E-state index in [1.807, 2.05) is 45.0 Å². The van der Waals surface area contributed by atoms with Gasteiger partial charge in [-0.05, 0) is 39.3 Å². The van der Waals surface area contributed by atoms with E-state index in [1.54, 1.807) is 6.92 Å². The monoisotopic (exact) mass is 323 g/mol. The van der Waals surface area contributed by atoms with Crippen molar-refractivity contribution in [2.24, 2.45) is 0 Å². The maximum absolute atomic E-state index is 12.7. The Balaban J connectivity index is 1.87. The molecule has 0 bridgehead atoms. The average Bonchev–Trinajstić information content (AvgIpc) is 3.03. The molecular formula is C19H21N3O2. The van der Waals surface area contributed by atoms with E-state index in [1.165, 1.54) is 5.56 Å². The van der Waals surface area contributed by atoms with Crippen LogP contribution in [0.3, 0.4) is 0 Å². The van der Waals surface area contributed by atoms with Gasteiger partial charge in [0.05, 0.1) is 5.56 Å². The molecule has 0 atom stereocenters. The molecule has 5 nitrogen and oxygen atoms in total. The fourth-order valence-electron chi connectivity index (χ4n) is 2.88. The van der Waals surface area contributed by atoms with Crippen molar-refractivity contribution >= 4 is 11.6 Å². The van der Waals surface area contributed by atoms with Crippen molar-refractivity contribution in [1.82, 2.24) is 9.72 Å². The van der Waals surface area contributed by atoms with Gasteiger partial charge < -0.3 is 14.4 Å². The largest absolute Gasteiger partial charge is 0.359 e. The first-order valence-corrected chi connectivity index (χ1v) is 7.92. The summed E-state index contributed by atoms with van der Waals surface area (Å²) >= 11 is 0. The lowest BCUT2D eigenvalue weighted by atomic mass is 10.2. The van der Waals surface area contributed by atoms with E-state index in [0.29, 0.717) is 22.7 Å². The smallest absolute Gasteiger partial charge is 0.257 e. The third kappa shape index (κ3) is 2.97. The molecule has 0 aliphatic rings. The number of rotatable bonds is 4. The molecule has 0 aliphatic carbocycles. The van der Waals surface area contributed by atoms with Crippen LogP contribution < -0.4 is 5.32 Å². The number of nitrogens with one attached hydrogen (secondary N) is 1. The molecule has 0 fully saturated rings. The Labute approximate surface area is 141 Å². The fourth-order valence-corrected chi connectivity index (χ4v) is 2.88. The van der Waals surface area contributed by atoms with Crippen molar-refractivity contribution in [2.45, 2.75) is 34.2 Å². The summed E-state index contributed by atoms with van der Waals surface area (Å²) < 4.78 is 7.25. The zero-order chi connectivity index (χ0) is 17.3. The molecule has 24 heavy (non-hydrogen) atoms. The van der Waals surface area contributed by atoms with Crippen molar-refractivity contribution in [1.29, 1.82) is 0 Å². The van der Waals surface area contributed by atoms with Crippen molar-refractivity contribution in [3.63, 3.8) is 0 Å². The molecule has 0 radical (unpaired) electrons. The van der Waals surface area contributed by atoms with Gasteiger partial charge in [0.2, 0.25) is 0 Å². The highest BCUT2D eigenvalue weighted by Gasteiger charge is 2.19. The van der Waals surface area contributed by atoms with E-state index >= 15 is 0 Å². The zero-order valence-electron chi connectivity index (χ0n) is 14.4. The lowest BCUT2D eigenvalue weighted by Crippen LogP contribution is -2.14. The van der Waals surface area contributed by atoms with Crippen LogP contribution in [0.2, 0.25) is 0 Å². The van der Waals surface area contributed by atoms with E-state index in [2.05, 4.69) is 27.2 Å². The summed E-state index contributed by atoms with van der Waals surface area (Å²) in [5, 5.41) is 6.78. The number of carbonyl (C=O) groups excluding carboxylic acids is 1. The van der Waals surface area contributed by atoms with Crippen LogP contribution >= 0.6 is 0 Å². The molecule has 0 aliphatic heterocycles. The SMILES string of the molecule is Cc1noc(C)c1NC(=O)c1cc(C)n(Cc2ccccc2)c1C. The van der Waals surface area contributed by atoms with Crippen LogP contribution in [0.5, 0.6) is 0 Å². The Kier molecular flexibility index (Phi) is 4.25. The standard InChI is InChI=1S/C19H21N3O2/c1-12-10-17(19(23)20-18-13(2)21-24-15(18)4)14(3)22(12)11-16-8-6-5-7-9-16/h5-10H,11H2,1-4H3,(H,20,23). The van der Waals surface area contributed by atoms with E-state index in [9.17, 15) is 4.79 Å². The molecule has 0 spiro atoms. The maximum atomic E-state index is 12.7. The Hall–Kier alpha value is -2.82. The molecule has 5 heteroatoms. The van der Waals surface area contributed by atoms with Crippen LogP contribution in [0.25, 0.3) is 0 Å². The number of hydrogen-bond acceptors (Lipinski definition) is 3. The van der Waals surface area contributed by atoms with Crippen LogP contribution in [0.4, 0.5) is 5.69 Å². The Morgan fingerprint density at radius 3 is 2.50 bits per heavy atom. The van der Waals surface area contributed by atoms with Crippen molar-refractivity contribution in [3.8, 4) is 0 Å². The summed E-state index contributed by atoms with van der Waals surface area (Å²) in [5.74, 6) is 0.468. The van der Waals surface area contributed by atoms with Gasteiger partial charge in [0.1, 0.15) is 11.4 Å². The first-order chi connectivity index (χ1) is 11.5. The van der Waals surface area contributed by atoms with E-state index in [0.717, 1.165) is 17.9 Å². The minimum Gasteiger partial charge on any atom is -0.359 e. The second-order valence-electron chi connectivity index (χ2n) is 6.01. The molecular weight excluding hydrogens is 302 g/mol. The Morgan fingerprint density at radius 2 is 1.88 bits per heavy atom. The van der Waals surface area contributed by atoms with Crippen molar-refractivity contribution in [3.05, 3.63) is 70.4 Å². The molecule has 1 aromatic carbocycles. The Morgan fingerprint density at radius 1 is 1.17 bits per heavy atom. The van der Waals surface area contributed by atoms with Gasteiger partial charge in [0, 0.05) is 17.9 Å². The number of nitrogens with zero attached hydrogens (tertiary/aromatic N) is 2. The summed E-state index contributed by atoms with van der Waals surface area (Å²) in [6.07, 6.45) is 0. The minimum absolute atomic E-state index is 0.142. The first kappa shape index (κ1) is 16.1. The van der Waals surface area contributed by atoms with Gasteiger partial charge in [-0.25, -0.2) is 0 Å². The summed E-state index contributed by atoms with van der Waals surface area (Å²) in [4.78, 5) is 12.7. The maximum Gasteiger partial charge on any atom is 0.257 e. The third-order valence-corrected chi connectivity index (χ3v) is 4.27. The predicted octanol–water partition coefficient (Wildman–Crippen LogP) is 4.01. The van der Waals surface area contributed by atoms with E-state index in [4.69, 9.17) is 4.52 Å². The van der Waals surface area contributed by atoms with Gasteiger partial charge in [0.25, 0.3) is 5.91 Å². The predicted molar refractivity (Wildman–Crippen MR) is 93.4 cm³/mol. The van der Waals surface area contributed by atoms with Crippen LogP contribution in [-0.2, 0) is 6.54 Å². The summed E-state index contributed by atoms with van der Waals surface area (Å²) in [5.41, 5.74) is 5.20. The lowest BCUT2D eigenvalue weighted by Gasteiger charge is -2.10. The number of anilines is 1. The summed E-state index contributed by atoms with van der Waals surface area (Å²) in [6.45, 7) is 8.33. The molecule has 3 rings (SSSR count). The van der Waals surface area contributed by atoms with Gasteiger partial charge in [-0.1, -0.05) is 35.5 Å². The number of aromatic nitrogens is 2. The zero-order valence-corrected chi connectivity index (χ0v) is 14.4. The fraction of sp³-hybridized carbons (Fsp3) is 0.263. The van der Waals surface area contributed by atoms with Crippen LogP contribution in [0.15, 0.2) is 40.9 Å². The van der Waals surface area contributed by atoms with Gasteiger partial charge >= 0.3 is 0 Å². The van der Waals surface area contributed by atoms with Crippen LogP contribution in [0, 0.1) is 27.7 Å². The molecule has 2 heterocycles. The van der Waals surface area contributed by atoms with Crippen LogP contribution in [0.1, 0.15) is 38.8 Å². The molecule has 0 unspecified atom stereocenters. The number of aryl methyl sites for hydroxylation is 3. The number of amides is 1. The van der Waals surface area contributed by atoms with E-state index < -0.39 is 0 Å². The van der Waals surface area contributed by atoms with Crippen molar-refractivity contribution in [2.75, 3.05) is 5.32 Å².